The quantitative estimate of drug-likeness (QED) is 0.917. The Labute approximate surface area is 116 Å². The molecule has 2 rings (SSSR count). The summed E-state index contributed by atoms with van der Waals surface area (Å²) in [6, 6.07) is 5.95. The third-order valence-electron chi connectivity index (χ3n) is 2.85. The van der Waals surface area contributed by atoms with Crippen LogP contribution in [0, 0.1) is 0 Å². The Balaban J connectivity index is 2.04. The lowest BCUT2D eigenvalue weighted by molar-refractivity contribution is 0.166. The minimum atomic E-state index is -0.353. The molecule has 96 valence electrons. The van der Waals surface area contributed by atoms with E-state index < -0.39 is 0 Å². The van der Waals surface area contributed by atoms with Crippen LogP contribution in [0.5, 0.6) is 0 Å². The fourth-order valence-electron chi connectivity index (χ4n) is 1.88. The summed E-state index contributed by atoms with van der Waals surface area (Å²) < 4.78 is 3.03. The van der Waals surface area contributed by atoms with Gasteiger partial charge >= 0.3 is 0 Å². The van der Waals surface area contributed by atoms with Gasteiger partial charge in [-0.1, -0.05) is 13.3 Å². The Bertz CT molecular complexity index is 493. The number of pyridine rings is 1. The Morgan fingerprint density at radius 3 is 2.89 bits per heavy atom. The maximum absolute atomic E-state index is 9.90. The van der Waals surface area contributed by atoms with Gasteiger partial charge in [0.05, 0.1) is 18.3 Å². The molecule has 0 fully saturated rings. The molecule has 2 heterocycles. The lowest BCUT2D eigenvalue weighted by Crippen LogP contribution is -1.99. The summed E-state index contributed by atoms with van der Waals surface area (Å²) in [5, 5.41) is 9.90. The van der Waals surface area contributed by atoms with Gasteiger partial charge in [0.1, 0.15) is 0 Å². The highest BCUT2D eigenvalue weighted by atomic mass is 79.9. The Morgan fingerprint density at radius 1 is 1.39 bits per heavy atom. The average Bonchev–Trinajstić information content (AvgIpc) is 2.81. The van der Waals surface area contributed by atoms with Crippen molar-refractivity contribution in [2.45, 2.75) is 32.4 Å². The lowest BCUT2D eigenvalue weighted by Gasteiger charge is -2.06. The third kappa shape index (κ3) is 3.43. The molecule has 2 aromatic rings. The van der Waals surface area contributed by atoms with E-state index in [0.29, 0.717) is 0 Å². The summed E-state index contributed by atoms with van der Waals surface area (Å²) in [4.78, 5) is 4.33. The van der Waals surface area contributed by atoms with Crippen LogP contribution in [-0.4, -0.2) is 14.7 Å². The van der Waals surface area contributed by atoms with Crippen molar-refractivity contribution in [2.75, 3.05) is 0 Å². The number of halogens is 1. The van der Waals surface area contributed by atoms with Gasteiger partial charge in [0.25, 0.3) is 0 Å². The highest BCUT2D eigenvalue weighted by Crippen LogP contribution is 2.18. The molecule has 0 saturated heterocycles. The summed E-state index contributed by atoms with van der Waals surface area (Å²) in [7, 11) is 0. The number of rotatable bonds is 5. The van der Waals surface area contributed by atoms with Crippen LogP contribution < -0.4 is 0 Å². The van der Waals surface area contributed by atoms with Gasteiger partial charge in [-0.25, -0.2) is 0 Å². The first-order chi connectivity index (χ1) is 8.69. The smallest absolute Gasteiger partial charge is 0.0804 e. The van der Waals surface area contributed by atoms with Gasteiger partial charge in [0.2, 0.25) is 0 Å². The second-order valence-corrected chi connectivity index (χ2v) is 5.31. The van der Waals surface area contributed by atoms with E-state index in [4.69, 9.17) is 0 Å². The zero-order chi connectivity index (χ0) is 13.0. The Kier molecular flexibility index (Phi) is 4.55. The van der Waals surface area contributed by atoms with Gasteiger partial charge in [0.15, 0.2) is 0 Å². The van der Waals surface area contributed by atoms with Crippen LogP contribution in [0.3, 0.4) is 0 Å². The molecule has 0 aliphatic rings. The van der Waals surface area contributed by atoms with E-state index in [1.807, 2.05) is 35.2 Å². The molecule has 1 unspecified atom stereocenters. The number of aliphatic hydroxyl groups is 1. The van der Waals surface area contributed by atoms with Gasteiger partial charge in [0, 0.05) is 23.1 Å². The summed E-state index contributed by atoms with van der Waals surface area (Å²) in [6.07, 6.45) is 7.21. The minimum absolute atomic E-state index is 0.353. The molecule has 0 spiro atoms. The van der Waals surface area contributed by atoms with Crippen molar-refractivity contribution in [2.24, 2.45) is 0 Å². The van der Waals surface area contributed by atoms with Crippen LogP contribution in [0.4, 0.5) is 0 Å². The highest BCUT2D eigenvalue weighted by molar-refractivity contribution is 9.10. The number of aliphatic hydroxyl groups excluding tert-OH is 1. The van der Waals surface area contributed by atoms with E-state index in [0.717, 1.165) is 35.1 Å². The number of hydrogen-bond donors (Lipinski definition) is 1. The predicted molar refractivity (Wildman–Crippen MR) is 75.3 cm³/mol. The van der Waals surface area contributed by atoms with Crippen molar-refractivity contribution in [3.05, 3.63) is 52.5 Å². The second-order valence-electron chi connectivity index (χ2n) is 4.39. The topological polar surface area (TPSA) is 38.0 Å². The SMILES string of the molecule is CCCC(O)c1ccn(Cc2ccc(Br)cn2)c1. The van der Waals surface area contributed by atoms with Crippen molar-refractivity contribution < 1.29 is 5.11 Å². The minimum Gasteiger partial charge on any atom is -0.388 e. The summed E-state index contributed by atoms with van der Waals surface area (Å²) in [5.74, 6) is 0. The Hall–Kier alpha value is -1.13. The molecule has 4 heteroatoms. The fourth-order valence-corrected chi connectivity index (χ4v) is 2.12. The molecule has 2 aromatic heterocycles. The largest absolute Gasteiger partial charge is 0.388 e. The van der Waals surface area contributed by atoms with Crippen LogP contribution in [0.25, 0.3) is 0 Å². The molecule has 1 N–H and O–H groups in total. The third-order valence-corrected chi connectivity index (χ3v) is 3.32. The van der Waals surface area contributed by atoms with Gasteiger partial charge in [-0.2, -0.15) is 0 Å². The van der Waals surface area contributed by atoms with Crippen LogP contribution in [-0.2, 0) is 6.54 Å². The van der Waals surface area contributed by atoms with E-state index in [2.05, 4.69) is 27.8 Å². The van der Waals surface area contributed by atoms with Gasteiger partial charge in [-0.3, -0.25) is 4.98 Å². The lowest BCUT2D eigenvalue weighted by atomic mass is 10.1. The summed E-state index contributed by atoms with van der Waals surface area (Å²) in [6.45, 7) is 2.80. The molecule has 3 nitrogen and oxygen atoms in total. The zero-order valence-electron chi connectivity index (χ0n) is 10.4. The first kappa shape index (κ1) is 13.3. The first-order valence-electron chi connectivity index (χ1n) is 6.13. The second kappa shape index (κ2) is 6.16. The van der Waals surface area contributed by atoms with Crippen molar-refractivity contribution in [1.29, 1.82) is 0 Å². The van der Waals surface area contributed by atoms with Crippen LogP contribution in [0.15, 0.2) is 41.3 Å². The Morgan fingerprint density at radius 2 is 2.22 bits per heavy atom. The van der Waals surface area contributed by atoms with Gasteiger partial charge in [-0.15, -0.1) is 0 Å². The summed E-state index contributed by atoms with van der Waals surface area (Å²) >= 11 is 3.37. The van der Waals surface area contributed by atoms with Gasteiger partial charge in [-0.05, 0) is 46.1 Å². The molecule has 0 amide bonds. The molecule has 18 heavy (non-hydrogen) atoms. The molecule has 0 aliphatic carbocycles. The molecule has 0 saturated carbocycles. The van der Waals surface area contributed by atoms with Crippen molar-refractivity contribution >= 4 is 15.9 Å². The molecular formula is C14H17BrN2O. The zero-order valence-corrected chi connectivity index (χ0v) is 12.0. The average molecular weight is 309 g/mol. The van der Waals surface area contributed by atoms with Crippen molar-refractivity contribution in [3.63, 3.8) is 0 Å². The van der Waals surface area contributed by atoms with Gasteiger partial charge < -0.3 is 9.67 Å². The normalized spacial score (nSPS) is 12.6. The number of hydrogen-bond acceptors (Lipinski definition) is 2. The van der Waals surface area contributed by atoms with E-state index in [1.165, 1.54) is 0 Å². The maximum Gasteiger partial charge on any atom is 0.0804 e. The monoisotopic (exact) mass is 308 g/mol. The maximum atomic E-state index is 9.90. The molecule has 0 aliphatic heterocycles. The van der Waals surface area contributed by atoms with Crippen LogP contribution in [0.1, 0.15) is 37.1 Å². The van der Waals surface area contributed by atoms with E-state index in [9.17, 15) is 5.11 Å². The van der Waals surface area contributed by atoms with Crippen LogP contribution >= 0.6 is 15.9 Å². The standard InChI is InChI=1S/C14H17BrN2O/c1-2-3-14(18)11-6-7-17(9-11)10-13-5-4-12(15)8-16-13/h4-9,14,18H,2-3,10H2,1H3. The number of aromatic nitrogens is 2. The van der Waals surface area contributed by atoms with Crippen LogP contribution in [0.2, 0.25) is 0 Å². The fraction of sp³-hybridized carbons (Fsp3) is 0.357. The van der Waals surface area contributed by atoms with E-state index in [1.54, 1.807) is 6.20 Å². The highest BCUT2D eigenvalue weighted by Gasteiger charge is 2.08. The summed E-state index contributed by atoms with van der Waals surface area (Å²) in [5.41, 5.74) is 1.99. The molecule has 0 bridgehead atoms. The predicted octanol–water partition coefficient (Wildman–Crippen LogP) is 3.53. The van der Waals surface area contributed by atoms with E-state index in [-0.39, 0.29) is 6.10 Å². The molecule has 0 aromatic carbocycles. The molecule has 0 radical (unpaired) electrons. The molecule has 1 atom stereocenters. The van der Waals surface area contributed by atoms with Crippen molar-refractivity contribution in [1.82, 2.24) is 9.55 Å². The van der Waals surface area contributed by atoms with Crippen molar-refractivity contribution in [3.8, 4) is 0 Å². The first-order valence-corrected chi connectivity index (χ1v) is 6.92. The van der Waals surface area contributed by atoms with E-state index >= 15 is 0 Å². The molecular weight excluding hydrogens is 292 g/mol. The number of nitrogens with zero attached hydrogens (tertiary/aromatic N) is 2.